The van der Waals surface area contributed by atoms with Crippen molar-refractivity contribution in [2.45, 2.75) is 58.7 Å². The maximum absolute atomic E-state index is 5.92. The third-order valence-electron chi connectivity index (χ3n) is 4.46. The van der Waals surface area contributed by atoms with Crippen molar-refractivity contribution in [3.8, 4) is 0 Å². The van der Waals surface area contributed by atoms with Crippen molar-refractivity contribution in [1.29, 1.82) is 0 Å². The zero-order valence-electron chi connectivity index (χ0n) is 12.5. The van der Waals surface area contributed by atoms with Crippen LogP contribution in [0.1, 0.15) is 51.8 Å². The molecule has 108 valence electrons. The summed E-state index contributed by atoms with van der Waals surface area (Å²) in [4.78, 5) is 6.89. The quantitative estimate of drug-likeness (QED) is 0.858. The Hall–Kier alpha value is -0.870. The van der Waals surface area contributed by atoms with Gasteiger partial charge in [0.1, 0.15) is 0 Å². The molecule has 2 N–H and O–H groups in total. The second-order valence-corrected chi connectivity index (χ2v) is 5.94. The minimum atomic E-state index is 0.477. The Morgan fingerprint density at radius 3 is 2.89 bits per heavy atom. The van der Waals surface area contributed by atoms with Gasteiger partial charge in [0.25, 0.3) is 0 Å². The molecule has 0 aliphatic heterocycles. The van der Waals surface area contributed by atoms with Crippen molar-refractivity contribution >= 4 is 0 Å². The van der Waals surface area contributed by atoms with Crippen molar-refractivity contribution in [2.75, 3.05) is 13.1 Å². The van der Waals surface area contributed by atoms with Crippen LogP contribution in [-0.4, -0.2) is 33.6 Å². The van der Waals surface area contributed by atoms with Crippen LogP contribution in [0, 0.1) is 5.92 Å². The van der Waals surface area contributed by atoms with Gasteiger partial charge in [-0.25, -0.2) is 4.98 Å². The minimum absolute atomic E-state index is 0.477. The van der Waals surface area contributed by atoms with Gasteiger partial charge in [-0.05, 0) is 45.7 Å². The van der Waals surface area contributed by atoms with Crippen molar-refractivity contribution < 1.29 is 0 Å². The number of nitrogens with zero attached hydrogens (tertiary/aromatic N) is 3. The summed E-state index contributed by atoms with van der Waals surface area (Å²) in [6.45, 7) is 9.58. The monoisotopic (exact) mass is 264 g/mol. The van der Waals surface area contributed by atoms with Crippen LogP contribution in [0.2, 0.25) is 0 Å². The molecule has 0 bridgehead atoms. The molecule has 1 aromatic heterocycles. The molecule has 1 aromatic rings. The Labute approximate surface area is 117 Å². The molecule has 0 saturated heterocycles. The fraction of sp³-hybridized carbons (Fsp3) is 0.800. The molecule has 2 unspecified atom stereocenters. The van der Waals surface area contributed by atoms with Gasteiger partial charge in [0.2, 0.25) is 0 Å². The zero-order valence-corrected chi connectivity index (χ0v) is 12.5. The SMILES string of the molecule is CCN(Cc1cncn1C(C)C)C1CCCC1CN. The van der Waals surface area contributed by atoms with Crippen molar-refractivity contribution in [1.82, 2.24) is 14.5 Å². The number of nitrogens with two attached hydrogens (primary N) is 1. The molecule has 1 aliphatic carbocycles. The maximum atomic E-state index is 5.92. The largest absolute Gasteiger partial charge is 0.331 e. The van der Waals surface area contributed by atoms with Crippen LogP contribution in [0.25, 0.3) is 0 Å². The lowest BCUT2D eigenvalue weighted by Gasteiger charge is -2.32. The summed E-state index contributed by atoms with van der Waals surface area (Å²) >= 11 is 0. The lowest BCUT2D eigenvalue weighted by Crippen LogP contribution is -2.40. The zero-order chi connectivity index (χ0) is 13.8. The molecule has 1 fully saturated rings. The molecule has 1 aliphatic rings. The second kappa shape index (κ2) is 6.53. The lowest BCUT2D eigenvalue weighted by atomic mass is 10.0. The van der Waals surface area contributed by atoms with Crippen molar-refractivity contribution in [3.05, 3.63) is 18.2 Å². The van der Waals surface area contributed by atoms with Gasteiger partial charge in [-0.1, -0.05) is 13.3 Å². The van der Waals surface area contributed by atoms with Gasteiger partial charge in [0, 0.05) is 24.8 Å². The summed E-state index contributed by atoms with van der Waals surface area (Å²) in [5, 5.41) is 0. The third-order valence-corrected chi connectivity index (χ3v) is 4.46. The molecule has 0 spiro atoms. The molecule has 1 saturated carbocycles. The molecule has 0 radical (unpaired) electrons. The van der Waals surface area contributed by atoms with E-state index in [4.69, 9.17) is 5.73 Å². The summed E-state index contributed by atoms with van der Waals surface area (Å²) in [7, 11) is 0. The van der Waals surface area contributed by atoms with Gasteiger partial charge in [-0.2, -0.15) is 0 Å². The second-order valence-electron chi connectivity index (χ2n) is 5.94. The summed E-state index contributed by atoms with van der Waals surface area (Å²) in [5.41, 5.74) is 7.24. The fourth-order valence-corrected chi connectivity index (χ4v) is 3.36. The van der Waals surface area contributed by atoms with Gasteiger partial charge in [0.05, 0.1) is 12.0 Å². The van der Waals surface area contributed by atoms with Crippen LogP contribution >= 0.6 is 0 Å². The highest BCUT2D eigenvalue weighted by molar-refractivity contribution is 5.01. The van der Waals surface area contributed by atoms with E-state index < -0.39 is 0 Å². The molecule has 19 heavy (non-hydrogen) atoms. The fourth-order valence-electron chi connectivity index (χ4n) is 3.36. The van der Waals surface area contributed by atoms with Crippen molar-refractivity contribution in [3.63, 3.8) is 0 Å². The van der Waals surface area contributed by atoms with Crippen LogP contribution in [0.5, 0.6) is 0 Å². The molecule has 2 atom stereocenters. The highest BCUT2D eigenvalue weighted by atomic mass is 15.2. The average Bonchev–Trinajstić information content (AvgIpc) is 3.04. The highest BCUT2D eigenvalue weighted by Gasteiger charge is 2.30. The molecule has 4 nitrogen and oxygen atoms in total. The molecule has 4 heteroatoms. The van der Waals surface area contributed by atoms with Gasteiger partial charge in [-0.3, -0.25) is 4.90 Å². The minimum Gasteiger partial charge on any atom is -0.331 e. The molecule has 0 amide bonds. The normalized spacial score (nSPS) is 23.7. The predicted molar refractivity (Wildman–Crippen MR) is 78.9 cm³/mol. The number of hydrogen-bond donors (Lipinski definition) is 1. The first-order valence-corrected chi connectivity index (χ1v) is 7.62. The third kappa shape index (κ3) is 3.18. The summed E-state index contributed by atoms with van der Waals surface area (Å²) in [5.74, 6) is 0.676. The van der Waals surface area contributed by atoms with Crippen LogP contribution in [0.15, 0.2) is 12.5 Å². The molecule has 0 aromatic carbocycles. The Bertz CT molecular complexity index is 385. The topological polar surface area (TPSA) is 47.1 Å². The molecule has 1 heterocycles. The van der Waals surface area contributed by atoms with Gasteiger partial charge < -0.3 is 10.3 Å². The van der Waals surface area contributed by atoms with E-state index in [0.717, 1.165) is 19.6 Å². The number of hydrogen-bond acceptors (Lipinski definition) is 3. The van der Waals surface area contributed by atoms with E-state index in [1.54, 1.807) is 0 Å². The van der Waals surface area contributed by atoms with E-state index in [9.17, 15) is 0 Å². The Kier molecular flexibility index (Phi) is 4.99. The maximum Gasteiger partial charge on any atom is 0.0951 e. The molecular weight excluding hydrogens is 236 g/mol. The number of aromatic nitrogens is 2. The van der Waals surface area contributed by atoms with Crippen LogP contribution < -0.4 is 5.73 Å². The van der Waals surface area contributed by atoms with E-state index in [0.29, 0.717) is 18.0 Å². The van der Waals surface area contributed by atoms with Crippen LogP contribution in [-0.2, 0) is 6.54 Å². The first-order valence-electron chi connectivity index (χ1n) is 7.62. The van der Waals surface area contributed by atoms with Gasteiger partial charge >= 0.3 is 0 Å². The van der Waals surface area contributed by atoms with E-state index in [1.807, 2.05) is 12.5 Å². The Balaban J connectivity index is 2.08. The predicted octanol–water partition coefficient (Wildman–Crippen LogP) is 2.41. The highest BCUT2D eigenvalue weighted by Crippen LogP contribution is 2.30. The summed E-state index contributed by atoms with van der Waals surface area (Å²) < 4.78 is 2.27. The van der Waals surface area contributed by atoms with Crippen LogP contribution in [0.3, 0.4) is 0 Å². The van der Waals surface area contributed by atoms with Gasteiger partial charge in [-0.15, -0.1) is 0 Å². The van der Waals surface area contributed by atoms with Gasteiger partial charge in [0.15, 0.2) is 0 Å². The smallest absolute Gasteiger partial charge is 0.0951 e. The van der Waals surface area contributed by atoms with Crippen LogP contribution in [0.4, 0.5) is 0 Å². The number of imidazole rings is 1. The average molecular weight is 264 g/mol. The first-order chi connectivity index (χ1) is 9.17. The van der Waals surface area contributed by atoms with E-state index in [-0.39, 0.29) is 0 Å². The van der Waals surface area contributed by atoms with E-state index in [1.165, 1.54) is 25.0 Å². The standard InChI is InChI=1S/C15H28N4/c1-4-18(15-7-5-6-13(15)8-16)10-14-9-17-11-19(14)12(2)3/h9,11-13,15H,4-8,10,16H2,1-3H3. The number of rotatable bonds is 6. The first kappa shape index (κ1) is 14.5. The van der Waals surface area contributed by atoms with E-state index in [2.05, 4.69) is 35.2 Å². The molecular formula is C15H28N4. The molecule has 2 rings (SSSR count). The van der Waals surface area contributed by atoms with E-state index >= 15 is 0 Å². The lowest BCUT2D eigenvalue weighted by molar-refractivity contribution is 0.158. The van der Waals surface area contributed by atoms with Crippen molar-refractivity contribution in [2.24, 2.45) is 11.7 Å². The Morgan fingerprint density at radius 2 is 2.26 bits per heavy atom. The summed E-state index contributed by atoms with van der Waals surface area (Å²) in [6.07, 6.45) is 7.87. The summed E-state index contributed by atoms with van der Waals surface area (Å²) in [6, 6.07) is 1.13. The Morgan fingerprint density at radius 1 is 1.47 bits per heavy atom.